The van der Waals surface area contributed by atoms with Gasteiger partial charge in [0.2, 0.25) is 0 Å². The maximum Gasteiger partial charge on any atom is 0.307 e. The van der Waals surface area contributed by atoms with Crippen molar-refractivity contribution < 1.29 is 18.7 Å². The Bertz CT molecular complexity index is 675. The van der Waals surface area contributed by atoms with E-state index >= 15 is 0 Å². The molecular formula is C15H13ClFNO3S. The van der Waals surface area contributed by atoms with Crippen molar-refractivity contribution in [3.8, 4) is 0 Å². The quantitative estimate of drug-likeness (QED) is 0.846. The van der Waals surface area contributed by atoms with Crippen LogP contribution in [-0.2, 0) is 9.53 Å². The summed E-state index contributed by atoms with van der Waals surface area (Å²) >= 11 is 7.29. The first kappa shape index (κ1) is 16.5. The summed E-state index contributed by atoms with van der Waals surface area (Å²) < 4.78 is 17.7. The molecule has 2 aromatic rings. The second-order valence-corrected chi connectivity index (χ2v) is 5.83. The SMILES string of the molecule is COC(=O)C[C@H](NC(=O)c1ccc(F)cc1Cl)c1cccs1. The molecule has 4 nitrogen and oxygen atoms in total. The van der Waals surface area contributed by atoms with Crippen LogP contribution in [0, 0.1) is 5.82 Å². The molecule has 0 saturated carbocycles. The van der Waals surface area contributed by atoms with Gasteiger partial charge in [-0.2, -0.15) is 0 Å². The fourth-order valence-corrected chi connectivity index (χ4v) is 2.90. The lowest BCUT2D eigenvalue weighted by atomic mass is 10.1. The zero-order valence-corrected chi connectivity index (χ0v) is 13.2. The van der Waals surface area contributed by atoms with E-state index in [4.69, 9.17) is 11.6 Å². The summed E-state index contributed by atoms with van der Waals surface area (Å²) in [6.45, 7) is 0. The van der Waals surface area contributed by atoms with Crippen molar-refractivity contribution in [2.45, 2.75) is 12.5 Å². The van der Waals surface area contributed by atoms with E-state index in [1.165, 1.54) is 24.5 Å². The van der Waals surface area contributed by atoms with Gasteiger partial charge >= 0.3 is 5.97 Å². The van der Waals surface area contributed by atoms with Gasteiger partial charge in [-0.05, 0) is 29.6 Å². The van der Waals surface area contributed by atoms with Crippen LogP contribution in [0.3, 0.4) is 0 Å². The van der Waals surface area contributed by atoms with Crippen molar-refractivity contribution in [2.75, 3.05) is 7.11 Å². The van der Waals surface area contributed by atoms with Crippen molar-refractivity contribution in [2.24, 2.45) is 0 Å². The number of ether oxygens (including phenoxy) is 1. The lowest BCUT2D eigenvalue weighted by Crippen LogP contribution is -2.30. The van der Waals surface area contributed by atoms with E-state index < -0.39 is 23.7 Å². The minimum atomic E-state index is -0.527. The summed E-state index contributed by atoms with van der Waals surface area (Å²) in [5, 5.41) is 4.58. The number of esters is 1. The van der Waals surface area contributed by atoms with Gasteiger partial charge in [-0.1, -0.05) is 17.7 Å². The molecule has 0 aliphatic rings. The maximum atomic E-state index is 13.0. The average molecular weight is 342 g/mol. The molecule has 0 aliphatic heterocycles. The Morgan fingerprint density at radius 1 is 1.41 bits per heavy atom. The molecule has 7 heteroatoms. The molecule has 0 fully saturated rings. The zero-order chi connectivity index (χ0) is 16.1. The van der Waals surface area contributed by atoms with E-state index in [-0.39, 0.29) is 17.0 Å². The predicted octanol–water partition coefficient (Wildman–Crippen LogP) is 3.57. The van der Waals surface area contributed by atoms with Crippen LogP contribution in [0.5, 0.6) is 0 Å². The molecule has 1 amide bonds. The van der Waals surface area contributed by atoms with Crippen LogP contribution in [0.25, 0.3) is 0 Å². The molecule has 1 aromatic carbocycles. The Labute approximate surface area is 135 Å². The number of carbonyl (C=O) groups is 2. The number of amides is 1. The number of halogens is 2. The van der Waals surface area contributed by atoms with Gasteiger partial charge in [0.05, 0.1) is 30.2 Å². The van der Waals surface area contributed by atoms with E-state index in [0.717, 1.165) is 17.0 Å². The van der Waals surface area contributed by atoms with Crippen molar-refractivity contribution in [3.05, 3.63) is 57.0 Å². The monoisotopic (exact) mass is 341 g/mol. The van der Waals surface area contributed by atoms with E-state index in [2.05, 4.69) is 10.1 Å². The first-order valence-corrected chi connectivity index (χ1v) is 7.63. The fourth-order valence-electron chi connectivity index (χ4n) is 1.87. The first-order valence-electron chi connectivity index (χ1n) is 6.37. The van der Waals surface area contributed by atoms with Gasteiger partial charge in [-0.25, -0.2) is 4.39 Å². The number of thiophene rings is 1. The summed E-state index contributed by atoms with van der Waals surface area (Å²) in [5.41, 5.74) is 0.148. The van der Waals surface area contributed by atoms with Crippen LogP contribution in [0.4, 0.5) is 4.39 Å². The van der Waals surface area contributed by atoms with Gasteiger partial charge in [0.25, 0.3) is 5.91 Å². The molecule has 116 valence electrons. The zero-order valence-electron chi connectivity index (χ0n) is 11.6. The highest BCUT2D eigenvalue weighted by molar-refractivity contribution is 7.10. The molecule has 1 aromatic heterocycles. The summed E-state index contributed by atoms with van der Waals surface area (Å²) in [7, 11) is 1.28. The highest BCUT2D eigenvalue weighted by Crippen LogP contribution is 2.24. The summed E-state index contributed by atoms with van der Waals surface area (Å²) in [4.78, 5) is 24.6. The lowest BCUT2D eigenvalue weighted by Gasteiger charge is -2.17. The van der Waals surface area contributed by atoms with Crippen LogP contribution in [-0.4, -0.2) is 19.0 Å². The van der Waals surface area contributed by atoms with Gasteiger partial charge in [-0.15, -0.1) is 11.3 Å². The largest absolute Gasteiger partial charge is 0.469 e. The Kier molecular flexibility index (Phi) is 5.51. The Hall–Kier alpha value is -1.92. The molecule has 0 saturated heterocycles. The van der Waals surface area contributed by atoms with Crippen molar-refractivity contribution in [1.29, 1.82) is 0 Å². The van der Waals surface area contributed by atoms with Gasteiger partial charge in [0, 0.05) is 4.88 Å². The van der Waals surface area contributed by atoms with Crippen molar-refractivity contribution >= 4 is 34.8 Å². The molecule has 1 N–H and O–H groups in total. The number of hydrogen-bond acceptors (Lipinski definition) is 4. The number of hydrogen-bond donors (Lipinski definition) is 1. The van der Waals surface area contributed by atoms with Crippen molar-refractivity contribution in [3.63, 3.8) is 0 Å². The smallest absolute Gasteiger partial charge is 0.307 e. The maximum absolute atomic E-state index is 13.0. The number of nitrogens with one attached hydrogen (secondary N) is 1. The van der Waals surface area contributed by atoms with Gasteiger partial charge < -0.3 is 10.1 Å². The fraction of sp³-hybridized carbons (Fsp3) is 0.200. The minimum Gasteiger partial charge on any atom is -0.469 e. The van der Waals surface area contributed by atoms with E-state index in [9.17, 15) is 14.0 Å². The van der Waals surface area contributed by atoms with Crippen molar-refractivity contribution in [1.82, 2.24) is 5.32 Å². The summed E-state index contributed by atoms with van der Waals surface area (Å²) in [6, 6.07) is 6.63. The molecule has 0 radical (unpaired) electrons. The number of rotatable bonds is 5. The van der Waals surface area contributed by atoms with Crippen LogP contribution in [0.1, 0.15) is 27.7 Å². The lowest BCUT2D eigenvalue weighted by molar-refractivity contribution is -0.141. The third-order valence-electron chi connectivity index (χ3n) is 2.97. The Balaban J connectivity index is 2.19. The van der Waals surface area contributed by atoms with Crippen LogP contribution < -0.4 is 5.32 Å². The van der Waals surface area contributed by atoms with E-state index in [0.29, 0.717) is 0 Å². The van der Waals surface area contributed by atoms with Gasteiger partial charge in [0.15, 0.2) is 0 Å². The Morgan fingerprint density at radius 3 is 2.77 bits per heavy atom. The second-order valence-electron chi connectivity index (χ2n) is 4.45. The third-order valence-corrected chi connectivity index (χ3v) is 4.26. The second kappa shape index (κ2) is 7.38. The standard InChI is InChI=1S/C15H13ClFNO3S/c1-21-14(19)8-12(13-3-2-6-22-13)18-15(20)10-5-4-9(17)7-11(10)16/h2-7,12H,8H2,1H3,(H,18,20)/t12-/m0/s1. The number of methoxy groups -OCH3 is 1. The molecule has 0 unspecified atom stereocenters. The molecule has 0 bridgehead atoms. The van der Waals surface area contributed by atoms with Crippen LogP contribution in [0.2, 0.25) is 5.02 Å². The van der Waals surface area contributed by atoms with E-state index in [1.807, 2.05) is 17.5 Å². The van der Waals surface area contributed by atoms with Gasteiger partial charge in [-0.3, -0.25) is 9.59 Å². The molecule has 0 aliphatic carbocycles. The first-order chi connectivity index (χ1) is 10.5. The highest BCUT2D eigenvalue weighted by Gasteiger charge is 2.21. The normalized spacial score (nSPS) is 11.8. The molecule has 1 heterocycles. The molecular weight excluding hydrogens is 329 g/mol. The van der Waals surface area contributed by atoms with Crippen LogP contribution >= 0.6 is 22.9 Å². The average Bonchev–Trinajstić information content (AvgIpc) is 3.00. The highest BCUT2D eigenvalue weighted by atomic mass is 35.5. The number of benzene rings is 1. The Morgan fingerprint density at radius 2 is 2.18 bits per heavy atom. The third kappa shape index (κ3) is 4.05. The number of carbonyl (C=O) groups excluding carboxylic acids is 2. The minimum absolute atomic E-state index is 0.00155. The molecule has 22 heavy (non-hydrogen) atoms. The summed E-state index contributed by atoms with van der Waals surface area (Å²) in [6.07, 6.45) is 0.00155. The van der Waals surface area contributed by atoms with Crippen LogP contribution in [0.15, 0.2) is 35.7 Å². The molecule has 1 atom stereocenters. The van der Waals surface area contributed by atoms with Gasteiger partial charge in [0.1, 0.15) is 5.82 Å². The predicted molar refractivity (Wildman–Crippen MR) is 82.6 cm³/mol. The molecule has 2 rings (SSSR count). The topological polar surface area (TPSA) is 55.4 Å². The van der Waals surface area contributed by atoms with E-state index in [1.54, 1.807) is 0 Å². The molecule has 0 spiro atoms. The summed E-state index contributed by atoms with van der Waals surface area (Å²) in [5.74, 6) is -1.44.